The molecule has 5 nitrogen and oxygen atoms in total. The van der Waals surface area contributed by atoms with Gasteiger partial charge in [-0.2, -0.15) is 0 Å². The summed E-state index contributed by atoms with van der Waals surface area (Å²) in [6, 6.07) is 12.0. The van der Waals surface area contributed by atoms with Crippen LogP contribution in [0.3, 0.4) is 0 Å². The van der Waals surface area contributed by atoms with Crippen molar-refractivity contribution >= 4 is 11.6 Å². The highest BCUT2D eigenvalue weighted by Crippen LogP contribution is 2.20. The van der Waals surface area contributed by atoms with Crippen LogP contribution in [-0.2, 0) is 6.54 Å². The average Bonchev–Trinajstić information content (AvgIpc) is 2.60. The molecule has 1 atom stereocenters. The maximum atomic E-state index is 5.93. The van der Waals surface area contributed by atoms with Gasteiger partial charge in [0.1, 0.15) is 0 Å². The van der Waals surface area contributed by atoms with E-state index in [0.717, 1.165) is 17.7 Å². The number of nitrogens with zero attached hydrogens (tertiary/aromatic N) is 2. The molecule has 0 bridgehead atoms. The van der Waals surface area contributed by atoms with Gasteiger partial charge in [0.2, 0.25) is 5.88 Å². The number of anilines is 1. The number of methoxy groups -OCH3 is 1. The zero-order chi connectivity index (χ0) is 16.7. The van der Waals surface area contributed by atoms with Crippen molar-refractivity contribution in [1.29, 1.82) is 0 Å². The van der Waals surface area contributed by atoms with Crippen molar-refractivity contribution in [2.75, 3.05) is 12.4 Å². The molecule has 1 unspecified atom stereocenters. The highest BCUT2D eigenvalue weighted by Gasteiger charge is 2.03. The van der Waals surface area contributed by atoms with E-state index in [2.05, 4.69) is 41.3 Å². The van der Waals surface area contributed by atoms with Crippen molar-refractivity contribution in [2.45, 2.75) is 32.7 Å². The third-order valence-corrected chi connectivity index (χ3v) is 3.80. The van der Waals surface area contributed by atoms with Gasteiger partial charge in [0, 0.05) is 18.0 Å². The van der Waals surface area contributed by atoms with E-state index in [9.17, 15) is 0 Å². The van der Waals surface area contributed by atoms with Crippen molar-refractivity contribution in [3.63, 3.8) is 0 Å². The van der Waals surface area contributed by atoms with Gasteiger partial charge in [-0.3, -0.25) is 0 Å². The lowest BCUT2D eigenvalue weighted by atomic mass is 9.99. The Morgan fingerprint density at radius 1 is 1.26 bits per heavy atom. The van der Waals surface area contributed by atoms with Crippen LogP contribution in [0.25, 0.3) is 0 Å². The molecular weight excluding hydrogens is 288 g/mol. The molecule has 3 N–H and O–H groups in total. The number of pyridine rings is 1. The smallest absolute Gasteiger partial charge is 0.212 e. The van der Waals surface area contributed by atoms with E-state index in [4.69, 9.17) is 10.5 Å². The molecule has 0 saturated heterocycles. The van der Waals surface area contributed by atoms with Crippen LogP contribution in [-0.4, -0.2) is 18.1 Å². The SMILES string of the molecule is CCC(C)c1ccc(NC(N)=NCc2ccc(OC)nc2)cc1. The monoisotopic (exact) mass is 312 g/mol. The van der Waals surface area contributed by atoms with Crippen LogP contribution in [0, 0.1) is 0 Å². The lowest BCUT2D eigenvalue weighted by molar-refractivity contribution is 0.397. The largest absolute Gasteiger partial charge is 0.481 e. The molecule has 1 aromatic heterocycles. The number of nitrogens with two attached hydrogens (primary N) is 1. The Kier molecular flexibility index (Phi) is 5.97. The molecule has 122 valence electrons. The number of aromatic nitrogens is 1. The van der Waals surface area contributed by atoms with E-state index < -0.39 is 0 Å². The third kappa shape index (κ3) is 4.98. The van der Waals surface area contributed by atoms with Gasteiger partial charge in [-0.05, 0) is 35.6 Å². The molecule has 23 heavy (non-hydrogen) atoms. The van der Waals surface area contributed by atoms with Crippen molar-refractivity contribution in [2.24, 2.45) is 10.7 Å². The van der Waals surface area contributed by atoms with E-state index in [1.165, 1.54) is 5.56 Å². The summed E-state index contributed by atoms with van der Waals surface area (Å²) in [6.45, 7) is 4.89. The minimum Gasteiger partial charge on any atom is -0.481 e. The van der Waals surface area contributed by atoms with Crippen molar-refractivity contribution in [3.05, 3.63) is 53.7 Å². The standard InChI is InChI=1S/C18H24N4O/c1-4-13(2)15-6-8-16(9-7-15)22-18(19)21-12-14-5-10-17(23-3)20-11-14/h5-11,13H,4,12H2,1-3H3,(H3,19,21,22). The van der Waals surface area contributed by atoms with Crippen LogP contribution >= 0.6 is 0 Å². The van der Waals surface area contributed by atoms with Crippen LogP contribution in [0.15, 0.2) is 47.6 Å². The highest BCUT2D eigenvalue weighted by atomic mass is 16.5. The topological polar surface area (TPSA) is 72.5 Å². The third-order valence-electron chi connectivity index (χ3n) is 3.80. The molecule has 0 aliphatic carbocycles. The molecule has 0 radical (unpaired) electrons. The fourth-order valence-electron chi connectivity index (χ4n) is 2.12. The molecule has 0 spiro atoms. The molecule has 2 aromatic rings. The molecular formula is C18H24N4O. The van der Waals surface area contributed by atoms with Gasteiger partial charge in [-0.15, -0.1) is 0 Å². The molecule has 1 aromatic carbocycles. The maximum Gasteiger partial charge on any atom is 0.212 e. The minimum atomic E-state index is 0.386. The molecule has 0 fully saturated rings. The predicted octanol–water partition coefficient (Wildman–Crippen LogP) is 3.53. The van der Waals surface area contributed by atoms with E-state index in [1.54, 1.807) is 13.3 Å². The van der Waals surface area contributed by atoms with E-state index in [1.807, 2.05) is 24.3 Å². The zero-order valence-electron chi connectivity index (χ0n) is 13.9. The average molecular weight is 312 g/mol. The summed E-state index contributed by atoms with van der Waals surface area (Å²) in [4.78, 5) is 8.46. The van der Waals surface area contributed by atoms with Gasteiger partial charge in [-0.25, -0.2) is 9.98 Å². The number of nitrogens with one attached hydrogen (secondary N) is 1. The Labute approximate surface area is 137 Å². The second kappa shape index (κ2) is 8.17. The Morgan fingerprint density at radius 3 is 2.57 bits per heavy atom. The molecule has 5 heteroatoms. The lowest BCUT2D eigenvalue weighted by Gasteiger charge is -2.10. The molecule has 0 amide bonds. The summed E-state index contributed by atoms with van der Waals surface area (Å²) < 4.78 is 5.02. The Bertz CT molecular complexity index is 635. The normalized spacial score (nSPS) is 12.7. The van der Waals surface area contributed by atoms with Crippen molar-refractivity contribution in [1.82, 2.24) is 4.98 Å². The molecule has 2 rings (SSSR count). The molecule has 1 heterocycles. The molecule has 0 aliphatic rings. The van der Waals surface area contributed by atoms with Crippen LogP contribution in [0.2, 0.25) is 0 Å². The van der Waals surface area contributed by atoms with E-state index in [-0.39, 0.29) is 0 Å². The Morgan fingerprint density at radius 2 is 2.00 bits per heavy atom. The quantitative estimate of drug-likeness (QED) is 0.632. The maximum absolute atomic E-state index is 5.93. The number of hydrogen-bond donors (Lipinski definition) is 2. The van der Waals surface area contributed by atoms with Crippen LogP contribution in [0.1, 0.15) is 37.3 Å². The summed E-state index contributed by atoms with van der Waals surface area (Å²) in [6.07, 6.45) is 2.86. The Balaban J connectivity index is 1.93. The summed E-state index contributed by atoms with van der Waals surface area (Å²) in [7, 11) is 1.59. The first-order valence-electron chi connectivity index (χ1n) is 7.78. The van der Waals surface area contributed by atoms with Gasteiger partial charge in [0.05, 0.1) is 13.7 Å². The van der Waals surface area contributed by atoms with Gasteiger partial charge in [0.25, 0.3) is 0 Å². The number of benzene rings is 1. The minimum absolute atomic E-state index is 0.386. The van der Waals surface area contributed by atoms with E-state index >= 15 is 0 Å². The van der Waals surface area contributed by atoms with Gasteiger partial charge in [0.15, 0.2) is 5.96 Å². The van der Waals surface area contributed by atoms with Gasteiger partial charge >= 0.3 is 0 Å². The number of ether oxygens (including phenoxy) is 1. The van der Waals surface area contributed by atoms with Crippen LogP contribution < -0.4 is 15.8 Å². The van der Waals surface area contributed by atoms with Gasteiger partial charge in [-0.1, -0.05) is 32.0 Å². The van der Waals surface area contributed by atoms with Crippen LogP contribution in [0.4, 0.5) is 5.69 Å². The van der Waals surface area contributed by atoms with Gasteiger partial charge < -0.3 is 15.8 Å². The summed E-state index contributed by atoms with van der Waals surface area (Å²) in [5.41, 5.74) is 9.17. The molecule has 0 saturated carbocycles. The van der Waals surface area contributed by atoms with Crippen molar-refractivity contribution in [3.8, 4) is 5.88 Å². The fraction of sp³-hybridized carbons (Fsp3) is 0.333. The van der Waals surface area contributed by atoms with Crippen LogP contribution in [0.5, 0.6) is 5.88 Å². The number of aliphatic imine (C=N–C) groups is 1. The summed E-state index contributed by atoms with van der Waals surface area (Å²) >= 11 is 0. The zero-order valence-corrected chi connectivity index (χ0v) is 13.9. The first-order chi connectivity index (χ1) is 11.1. The fourth-order valence-corrected chi connectivity index (χ4v) is 2.12. The number of guanidine groups is 1. The highest BCUT2D eigenvalue weighted by molar-refractivity contribution is 5.92. The second-order valence-corrected chi connectivity index (χ2v) is 5.47. The van der Waals surface area contributed by atoms with E-state index in [0.29, 0.717) is 24.3 Å². The lowest BCUT2D eigenvalue weighted by Crippen LogP contribution is -2.22. The Hall–Kier alpha value is -2.56. The second-order valence-electron chi connectivity index (χ2n) is 5.47. The summed E-state index contributed by atoms with van der Waals surface area (Å²) in [5, 5.41) is 3.10. The first kappa shape index (κ1) is 16.8. The number of rotatable bonds is 6. The first-order valence-corrected chi connectivity index (χ1v) is 7.78. The summed E-state index contributed by atoms with van der Waals surface area (Å²) in [5.74, 6) is 1.54. The van der Waals surface area contributed by atoms with Crippen molar-refractivity contribution < 1.29 is 4.74 Å². The molecule has 0 aliphatic heterocycles. The number of hydrogen-bond acceptors (Lipinski definition) is 3. The predicted molar refractivity (Wildman–Crippen MR) is 94.9 cm³/mol.